The zero-order valence-electron chi connectivity index (χ0n) is 9.98. The molecule has 1 saturated carbocycles. The van der Waals surface area contributed by atoms with Crippen LogP contribution in [0.2, 0.25) is 0 Å². The molecule has 108 valence electrons. The quantitative estimate of drug-likeness (QED) is 0.356. The lowest BCUT2D eigenvalue weighted by molar-refractivity contribution is -0.528. The van der Waals surface area contributed by atoms with E-state index in [0.717, 1.165) is 0 Å². The molecule has 1 aliphatic rings. The molecule has 0 bridgehead atoms. The van der Waals surface area contributed by atoms with Crippen LogP contribution in [0.25, 0.3) is 0 Å². The van der Waals surface area contributed by atoms with Gasteiger partial charge < -0.3 is 0 Å². The highest BCUT2D eigenvalue weighted by Crippen LogP contribution is 2.37. The van der Waals surface area contributed by atoms with Gasteiger partial charge in [-0.25, -0.2) is 13.2 Å². The molecule has 4 nitrogen and oxygen atoms in total. The van der Waals surface area contributed by atoms with E-state index in [1.165, 1.54) is 0 Å². The van der Waals surface area contributed by atoms with Gasteiger partial charge >= 0.3 is 0 Å². The van der Waals surface area contributed by atoms with Gasteiger partial charge in [-0.05, 0) is 6.07 Å². The molecular formula is C12H9BrF3NO3. The van der Waals surface area contributed by atoms with Crippen LogP contribution in [0.1, 0.15) is 24.3 Å². The van der Waals surface area contributed by atoms with Crippen molar-refractivity contribution in [2.45, 2.75) is 29.6 Å². The van der Waals surface area contributed by atoms with Gasteiger partial charge in [0.15, 0.2) is 11.6 Å². The standard InChI is InChI=1S/C12H9BrF3NO3/c13-7-3-11(17(19)20)6(2-12(7)18)5-1-9(15)10(16)4-8(5)14/h1,4,6-7,11H,2-3H2/t6-,7+,11-/m1/s1. The molecule has 0 N–H and O–H groups in total. The summed E-state index contributed by atoms with van der Waals surface area (Å²) >= 11 is 3.03. The number of carbonyl (C=O) groups is 1. The Balaban J connectivity index is 2.45. The molecule has 8 heteroatoms. The first kappa shape index (κ1) is 15.0. The minimum atomic E-state index is -1.37. The maximum absolute atomic E-state index is 13.7. The van der Waals surface area contributed by atoms with E-state index in [4.69, 9.17) is 0 Å². The fourth-order valence-electron chi connectivity index (χ4n) is 2.36. The smallest absolute Gasteiger partial charge is 0.221 e. The van der Waals surface area contributed by atoms with E-state index in [-0.39, 0.29) is 24.2 Å². The average molecular weight is 352 g/mol. The molecule has 0 saturated heterocycles. The molecule has 0 aliphatic heterocycles. The predicted octanol–water partition coefficient (Wildman–Crippen LogP) is 2.96. The Labute approximate surface area is 120 Å². The lowest BCUT2D eigenvalue weighted by Crippen LogP contribution is -2.39. The number of benzene rings is 1. The second-order valence-electron chi connectivity index (χ2n) is 4.62. The Morgan fingerprint density at radius 1 is 1.20 bits per heavy atom. The topological polar surface area (TPSA) is 60.2 Å². The summed E-state index contributed by atoms with van der Waals surface area (Å²) in [5.74, 6) is -5.17. The van der Waals surface area contributed by atoms with Crippen molar-refractivity contribution in [2.75, 3.05) is 0 Å². The van der Waals surface area contributed by atoms with Crippen molar-refractivity contribution >= 4 is 21.7 Å². The first-order chi connectivity index (χ1) is 9.31. The first-order valence-corrected chi connectivity index (χ1v) is 6.67. The van der Waals surface area contributed by atoms with Crippen LogP contribution in [0.5, 0.6) is 0 Å². The van der Waals surface area contributed by atoms with E-state index in [2.05, 4.69) is 15.9 Å². The predicted molar refractivity (Wildman–Crippen MR) is 66.8 cm³/mol. The highest BCUT2D eigenvalue weighted by molar-refractivity contribution is 9.10. The van der Waals surface area contributed by atoms with Gasteiger partial charge in [0, 0.05) is 29.4 Å². The van der Waals surface area contributed by atoms with E-state index in [0.29, 0.717) is 12.1 Å². The summed E-state index contributed by atoms with van der Waals surface area (Å²) in [5, 5.41) is 11.0. The van der Waals surface area contributed by atoms with Crippen LogP contribution in [-0.2, 0) is 4.79 Å². The van der Waals surface area contributed by atoms with Crippen LogP contribution < -0.4 is 0 Å². The SMILES string of the molecule is O=C1C[C@H](c2cc(F)c(F)cc2F)[C@H]([N+](=O)[O-])C[C@@H]1Br. The Hall–Kier alpha value is -1.44. The van der Waals surface area contributed by atoms with Gasteiger partial charge in [0.1, 0.15) is 11.6 Å². The molecule has 2 rings (SSSR count). The molecule has 3 atom stereocenters. The average Bonchev–Trinajstić information content (AvgIpc) is 2.36. The van der Waals surface area contributed by atoms with Crippen LogP contribution >= 0.6 is 15.9 Å². The van der Waals surface area contributed by atoms with Gasteiger partial charge in [-0.3, -0.25) is 14.9 Å². The summed E-state index contributed by atoms with van der Waals surface area (Å²) in [6.07, 6.45) is -0.404. The van der Waals surface area contributed by atoms with Crippen LogP contribution in [-0.4, -0.2) is 21.6 Å². The molecule has 1 fully saturated rings. The van der Waals surface area contributed by atoms with Crippen molar-refractivity contribution in [2.24, 2.45) is 0 Å². The number of rotatable bonds is 2. The maximum atomic E-state index is 13.7. The number of carbonyl (C=O) groups excluding carboxylic acids is 1. The number of alkyl halides is 1. The molecule has 1 aromatic carbocycles. The summed E-state index contributed by atoms with van der Waals surface area (Å²) in [6, 6.07) is -0.295. The minimum absolute atomic E-state index is 0.116. The second kappa shape index (κ2) is 5.51. The Morgan fingerprint density at radius 2 is 1.80 bits per heavy atom. The second-order valence-corrected chi connectivity index (χ2v) is 5.73. The minimum Gasteiger partial charge on any atom is -0.298 e. The summed E-state index contributed by atoms with van der Waals surface area (Å²) in [7, 11) is 0. The summed E-state index contributed by atoms with van der Waals surface area (Å²) < 4.78 is 39.8. The van der Waals surface area contributed by atoms with Crippen molar-refractivity contribution in [1.29, 1.82) is 0 Å². The zero-order valence-corrected chi connectivity index (χ0v) is 11.6. The van der Waals surface area contributed by atoms with Crippen molar-refractivity contribution < 1.29 is 22.9 Å². The highest BCUT2D eigenvalue weighted by Gasteiger charge is 2.44. The Bertz CT molecular complexity index is 581. The molecule has 0 spiro atoms. The van der Waals surface area contributed by atoms with Gasteiger partial charge in [-0.2, -0.15) is 0 Å². The number of hydrogen-bond donors (Lipinski definition) is 0. The number of ketones is 1. The molecule has 0 aromatic heterocycles. The molecule has 1 aromatic rings. The van der Waals surface area contributed by atoms with E-state index in [9.17, 15) is 28.1 Å². The Morgan fingerprint density at radius 3 is 2.40 bits per heavy atom. The van der Waals surface area contributed by atoms with Crippen LogP contribution in [0.3, 0.4) is 0 Å². The van der Waals surface area contributed by atoms with E-state index in [1.807, 2.05) is 0 Å². The fourth-order valence-corrected chi connectivity index (χ4v) is 2.93. The van der Waals surface area contributed by atoms with Crippen molar-refractivity contribution in [1.82, 2.24) is 0 Å². The van der Waals surface area contributed by atoms with Gasteiger partial charge in [-0.1, -0.05) is 15.9 Å². The van der Waals surface area contributed by atoms with E-state index >= 15 is 0 Å². The van der Waals surface area contributed by atoms with Gasteiger partial charge in [-0.15, -0.1) is 0 Å². The normalized spacial score (nSPS) is 26.6. The lowest BCUT2D eigenvalue weighted by Gasteiger charge is -2.28. The van der Waals surface area contributed by atoms with Crippen LogP contribution in [0.15, 0.2) is 12.1 Å². The first-order valence-electron chi connectivity index (χ1n) is 5.76. The van der Waals surface area contributed by atoms with Crippen molar-refractivity contribution in [3.05, 3.63) is 45.3 Å². The Kier molecular flexibility index (Phi) is 4.12. The molecule has 0 radical (unpaired) electrons. The third kappa shape index (κ3) is 2.70. The van der Waals surface area contributed by atoms with E-state index < -0.39 is 39.2 Å². The fraction of sp³-hybridized carbons (Fsp3) is 0.417. The zero-order chi connectivity index (χ0) is 15.0. The molecule has 0 amide bonds. The third-order valence-electron chi connectivity index (χ3n) is 3.39. The largest absolute Gasteiger partial charge is 0.298 e. The molecule has 1 aliphatic carbocycles. The summed E-state index contributed by atoms with van der Waals surface area (Å²) in [6.45, 7) is 0. The molecule has 0 heterocycles. The summed E-state index contributed by atoms with van der Waals surface area (Å²) in [4.78, 5) is 21.4. The molecular weight excluding hydrogens is 343 g/mol. The number of nitrogens with zero attached hydrogens (tertiary/aromatic N) is 1. The molecule has 0 unspecified atom stereocenters. The molecule has 20 heavy (non-hydrogen) atoms. The van der Waals surface area contributed by atoms with Gasteiger partial charge in [0.05, 0.1) is 10.7 Å². The van der Waals surface area contributed by atoms with E-state index in [1.54, 1.807) is 0 Å². The van der Waals surface area contributed by atoms with Crippen molar-refractivity contribution in [3.8, 4) is 0 Å². The van der Waals surface area contributed by atoms with Gasteiger partial charge in [0.2, 0.25) is 6.04 Å². The number of hydrogen-bond acceptors (Lipinski definition) is 3. The maximum Gasteiger partial charge on any atom is 0.221 e. The monoisotopic (exact) mass is 351 g/mol. The number of halogens is 4. The third-order valence-corrected chi connectivity index (χ3v) is 4.28. The highest BCUT2D eigenvalue weighted by atomic mass is 79.9. The van der Waals surface area contributed by atoms with Crippen LogP contribution in [0.4, 0.5) is 13.2 Å². The van der Waals surface area contributed by atoms with Crippen LogP contribution in [0, 0.1) is 27.6 Å². The van der Waals surface area contributed by atoms with Gasteiger partial charge in [0.25, 0.3) is 0 Å². The van der Waals surface area contributed by atoms with Crippen molar-refractivity contribution in [3.63, 3.8) is 0 Å². The number of nitro groups is 1. The summed E-state index contributed by atoms with van der Waals surface area (Å²) in [5.41, 5.74) is -0.335. The lowest BCUT2D eigenvalue weighted by atomic mass is 9.79. The number of Topliss-reactive ketones (excluding diaryl/α,β-unsaturated/α-hetero) is 1.